The molecule has 150 valence electrons. The molecule has 2 heterocycles. The first-order valence-corrected chi connectivity index (χ1v) is 10.3. The maximum absolute atomic E-state index is 12.8. The Morgan fingerprint density at radius 3 is 2.36 bits per heavy atom. The highest BCUT2D eigenvalue weighted by Crippen LogP contribution is 2.34. The number of rotatable bonds is 3. The summed E-state index contributed by atoms with van der Waals surface area (Å²) in [5.41, 5.74) is -0.453. The van der Waals surface area contributed by atoms with Gasteiger partial charge in [-0.1, -0.05) is 23.2 Å². The number of carbonyl (C=O) groups excluding carboxylic acids is 1. The van der Waals surface area contributed by atoms with E-state index in [1.54, 1.807) is 21.9 Å². The molecule has 0 aliphatic carbocycles. The van der Waals surface area contributed by atoms with Crippen LogP contribution in [-0.4, -0.2) is 48.2 Å². The molecule has 10 heteroatoms. The third-order valence-electron chi connectivity index (χ3n) is 4.42. The topological polar surface area (TPSA) is 36.4 Å². The van der Waals surface area contributed by atoms with Crippen molar-refractivity contribution in [2.24, 2.45) is 0 Å². The van der Waals surface area contributed by atoms with Gasteiger partial charge in [-0.25, -0.2) is 4.98 Å². The van der Waals surface area contributed by atoms with E-state index in [1.807, 2.05) is 12.3 Å². The Labute approximate surface area is 174 Å². The van der Waals surface area contributed by atoms with E-state index in [2.05, 4.69) is 4.98 Å². The molecule has 1 aromatic heterocycles. The van der Waals surface area contributed by atoms with Crippen LogP contribution in [0.15, 0.2) is 35.4 Å². The Balaban J connectivity index is 1.70. The molecule has 0 N–H and O–H groups in total. The fraction of sp³-hybridized carbons (Fsp3) is 0.333. The highest BCUT2D eigenvalue weighted by atomic mass is 35.5. The van der Waals surface area contributed by atoms with Gasteiger partial charge in [0.1, 0.15) is 5.82 Å². The number of alkyl halides is 3. The van der Waals surface area contributed by atoms with Gasteiger partial charge >= 0.3 is 6.18 Å². The van der Waals surface area contributed by atoms with Crippen molar-refractivity contribution in [2.45, 2.75) is 11.1 Å². The predicted octanol–water partition coefficient (Wildman–Crippen LogP) is 5.09. The van der Waals surface area contributed by atoms with E-state index in [1.165, 1.54) is 11.8 Å². The molecule has 0 bridgehead atoms. The number of anilines is 1. The highest BCUT2D eigenvalue weighted by molar-refractivity contribution is 7.98. The lowest BCUT2D eigenvalue weighted by molar-refractivity contribution is -0.137. The molecule has 0 saturated carbocycles. The van der Waals surface area contributed by atoms with Crippen molar-refractivity contribution in [3.8, 4) is 0 Å². The largest absolute Gasteiger partial charge is 0.417 e. The third kappa shape index (κ3) is 4.50. The number of benzene rings is 1. The summed E-state index contributed by atoms with van der Waals surface area (Å²) in [6.07, 6.45) is -1.81. The van der Waals surface area contributed by atoms with Crippen LogP contribution in [0, 0.1) is 0 Å². The van der Waals surface area contributed by atoms with Crippen molar-refractivity contribution in [3.05, 3.63) is 51.6 Å². The Morgan fingerprint density at radius 2 is 1.79 bits per heavy atom. The minimum atomic E-state index is -4.50. The van der Waals surface area contributed by atoms with Gasteiger partial charge in [0.2, 0.25) is 0 Å². The molecule has 0 spiro atoms. The molecule has 0 radical (unpaired) electrons. The monoisotopic (exact) mass is 449 g/mol. The lowest BCUT2D eigenvalue weighted by Crippen LogP contribution is -2.49. The number of hydrogen-bond acceptors (Lipinski definition) is 4. The van der Waals surface area contributed by atoms with Crippen LogP contribution in [0.2, 0.25) is 10.0 Å². The number of thioether (sulfide) groups is 1. The van der Waals surface area contributed by atoms with E-state index in [4.69, 9.17) is 23.2 Å². The Hall–Kier alpha value is -1.64. The fourth-order valence-electron chi connectivity index (χ4n) is 2.91. The average Bonchev–Trinajstić information content (AvgIpc) is 2.67. The SMILES string of the molecule is CSc1ccc(Cl)c(C(=O)N2CCN(c3ncc(C(F)(F)F)cc3Cl)CC2)c1. The average molecular weight is 450 g/mol. The summed E-state index contributed by atoms with van der Waals surface area (Å²) in [5.74, 6) is 0.108. The molecule has 1 saturated heterocycles. The maximum Gasteiger partial charge on any atom is 0.417 e. The standard InChI is InChI=1S/C18H16Cl2F3N3OS/c1-28-12-2-3-14(19)13(9-12)17(27)26-6-4-25(5-7-26)16-15(20)8-11(10-24-16)18(21,22)23/h2-3,8-10H,4-7H2,1H3. The zero-order chi connectivity index (χ0) is 20.5. The summed E-state index contributed by atoms with van der Waals surface area (Å²) < 4.78 is 38.3. The van der Waals surface area contributed by atoms with Crippen molar-refractivity contribution in [3.63, 3.8) is 0 Å². The Kier molecular flexibility index (Phi) is 6.31. The van der Waals surface area contributed by atoms with Crippen LogP contribution in [0.1, 0.15) is 15.9 Å². The molecule has 1 amide bonds. The lowest BCUT2D eigenvalue weighted by Gasteiger charge is -2.36. The van der Waals surface area contributed by atoms with Crippen LogP contribution in [0.25, 0.3) is 0 Å². The molecular weight excluding hydrogens is 434 g/mol. The molecule has 1 aliphatic heterocycles. The Morgan fingerprint density at radius 1 is 1.11 bits per heavy atom. The van der Waals surface area contributed by atoms with Gasteiger partial charge in [-0.15, -0.1) is 11.8 Å². The molecule has 2 aromatic rings. The molecule has 1 aliphatic rings. The summed E-state index contributed by atoms with van der Waals surface area (Å²) in [7, 11) is 0. The predicted molar refractivity (Wildman–Crippen MR) is 106 cm³/mol. The van der Waals surface area contributed by atoms with Crippen LogP contribution in [0.3, 0.4) is 0 Å². The lowest BCUT2D eigenvalue weighted by atomic mass is 10.1. The molecule has 0 atom stereocenters. The number of aromatic nitrogens is 1. The Bertz CT molecular complexity index is 887. The second kappa shape index (κ2) is 8.39. The van der Waals surface area contributed by atoms with Gasteiger partial charge < -0.3 is 9.80 Å². The second-order valence-electron chi connectivity index (χ2n) is 6.15. The molecule has 4 nitrogen and oxygen atoms in total. The van der Waals surface area contributed by atoms with Crippen LogP contribution in [0.4, 0.5) is 19.0 Å². The van der Waals surface area contributed by atoms with Gasteiger partial charge in [-0.3, -0.25) is 4.79 Å². The van der Waals surface area contributed by atoms with Gasteiger partial charge in [0.05, 0.1) is 21.2 Å². The van der Waals surface area contributed by atoms with Gasteiger partial charge in [0.15, 0.2) is 0 Å². The van der Waals surface area contributed by atoms with E-state index in [-0.39, 0.29) is 16.7 Å². The summed E-state index contributed by atoms with van der Waals surface area (Å²) in [4.78, 5) is 21.1. The second-order valence-corrected chi connectivity index (χ2v) is 7.85. The molecule has 28 heavy (non-hydrogen) atoms. The number of nitrogens with zero attached hydrogens (tertiary/aromatic N) is 3. The van der Waals surface area contributed by atoms with E-state index in [0.29, 0.717) is 36.8 Å². The molecule has 3 rings (SSSR count). The van der Waals surface area contributed by atoms with Crippen molar-refractivity contribution in [2.75, 3.05) is 37.3 Å². The summed E-state index contributed by atoms with van der Waals surface area (Å²) >= 11 is 13.7. The minimum Gasteiger partial charge on any atom is -0.352 e. The van der Waals surface area contributed by atoms with Gasteiger partial charge in [-0.05, 0) is 30.5 Å². The summed E-state index contributed by atoms with van der Waals surface area (Å²) in [6.45, 7) is 1.59. The summed E-state index contributed by atoms with van der Waals surface area (Å²) in [6, 6.07) is 6.17. The summed E-state index contributed by atoms with van der Waals surface area (Å²) in [5, 5.41) is 0.322. The normalized spacial score (nSPS) is 15.1. The van der Waals surface area contributed by atoms with Crippen molar-refractivity contribution in [1.82, 2.24) is 9.88 Å². The first-order chi connectivity index (χ1) is 13.2. The third-order valence-corrected chi connectivity index (χ3v) is 5.75. The highest BCUT2D eigenvalue weighted by Gasteiger charge is 2.32. The number of carbonyl (C=O) groups is 1. The maximum atomic E-state index is 12.8. The number of amides is 1. The smallest absolute Gasteiger partial charge is 0.352 e. The zero-order valence-electron chi connectivity index (χ0n) is 14.8. The van der Waals surface area contributed by atoms with E-state index < -0.39 is 11.7 Å². The number of piperazine rings is 1. The van der Waals surface area contributed by atoms with E-state index in [9.17, 15) is 18.0 Å². The number of pyridine rings is 1. The van der Waals surface area contributed by atoms with E-state index >= 15 is 0 Å². The molecular formula is C18H16Cl2F3N3OS. The number of hydrogen-bond donors (Lipinski definition) is 0. The van der Waals surface area contributed by atoms with Crippen LogP contribution in [0.5, 0.6) is 0 Å². The van der Waals surface area contributed by atoms with Gasteiger partial charge in [0.25, 0.3) is 5.91 Å². The van der Waals surface area contributed by atoms with Crippen molar-refractivity contribution in [1.29, 1.82) is 0 Å². The quantitative estimate of drug-likeness (QED) is 0.611. The first-order valence-electron chi connectivity index (χ1n) is 8.31. The molecule has 0 unspecified atom stereocenters. The minimum absolute atomic E-state index is 0.0645. The molecule has 1 aromatic carbocycles. The fourth-order valence-corrected chi connectivity index (χ4v) is 3.83. The van der Waals surface area contributed by atoms with Crippen molar-refractivity contribution >= 4 is 46.7 Å². The van der Waals surface area contributed by atoms with Crippen molar-refractivity contribution < 1.29 is 18.0 Å². The van der Waals surface area contributed by atoms with E-state index in [0.717, 1.165) is 17.2 Å². The zero-order valence-corrected chi connectivity index (χ0v) is 17.1. The van der Waals surface area contributed by atoms with Crippen LogP contribution in [-0.2, 0) is 6.18 Å². The van der Waals surface area contributed by atoms with Crippen LogP contribution >= 0.6 is 35.0 Å². The first kappa shape index (κ1) is 21.1. The van der Waals surface area contributed by atoms with Crippen LogP contribution < -0.4 is 4.90 Å². The molecule has 1 fully saturated rings. The van der Waals surface area contributed by atoms with Gasteiger partial charge in [0, 0.05) is 37.3 Å². The van der Waals surface area contributed by atoms with Gasteiger partial charge in [-0.2, -0.15) is 13.2 Å². The number of halogens is 5.